The van der Waals surface area contributed by atoms with Crippen molar-refractivity contribution in [2.45, 2.75) is 19.2 Å². The summed E-state index contributed by atoms with van der Waals surface area (Å²) in [4.78, 5) is 31.6. The van der Waals surface area contributed by atoms with E-state index in [1.165, 1.54) is 4.57 Å². The molecule has 9 heteroatoms. The van der Waals surface area contributed by atoms with Crippen LogP contribution in [0.15, 0.2) is 82.4 Å². The van der Waals surface area contributed by atoms with Gasteiger partial charge in [-0.05, 0) is 17.0 Å². The van der Waals surface area contributed by atoms with Crippen molar-refractivity contribution >= 4 is 27.9 Å². The topological polar surface area (TPSA) is 114 Å². The number of H-pyrrole nitrogens is 1. The Balaban J connectivity index is 1.43. The summed E-state index contributed by atoms with van der Waals surface area (Å²) in [5, 5.41) is 16.1. The van der Waals surface area contributed by atoms with E-state index in [0.29, 0.717) is 18.2 Å². The number of fused-ring (bicyclic) bond motifs is 2. The number of aliphatic hydroxyl groups excluding tert-OH is 1. The molecule has 0 bridgehead atoms. The first-order valence-electron chi connectivity index (χ1n) is 11.3. The Hall–Kier alpha value is -4.37. The number of aryl methyl sites for hydroxylation is 1. The van der Waals surface area contributed by atoms with Crippen LogP contribution in [0.5, 0.6) is 5.75 Å². The number of rotatable bonds is 8. The third-order valence-electron chi connectivity index (χ3n) is 5.87. The number of nitrogens with one attached hydrogen (secondary N) is 2. The van der Waals surface area contributed by atoms with Gasteiger partial charge < -0.3 is 19.7 Å². The van der Waals surface area contributed by atoms with Gasteiger partial charge in [-0.2, -0.15) is 4.98 Å². The average molecular weight is 472 g/mol. The maximum atomic E-state index is 12.7. The molecule has 1 atom stereocenters. The van der Waals surface area contributed by atoms with Crippen molar-refractivity contribution in [3.63, 3.8) is 0 Å². The van der Waals surface area contributed by atoms with E-state index in [9.17, 15) is 14.7 Å². The quantitative estimate of drug-likeness (QED) is 0.321. The van der Waals surface area contributed by atoms with E-state index in [2.05, 4.69) is 15.3 Å². The maximum Gasteiger partial charge on any atom is 0.329 e. The summed E-state index contributed by atoms with van der Waals surface area (Å²) in [5.74, 6) is 1.04. The molecule has 0 saturated heterocycles. The van der Waals surface area contributed by atoms with Crippen LogP contribution in [-0.4, -0.2) is 36.9 Å². The monoisotopic (exact) mass is 471 g/mol. The number of imidazole rings is 1. The highest BCUT2D eigenvalue weighted by atomic mass is 16.5. The number of aromatic nitrogens is 4. The molecular weight excluding hydrogens is 446 g/mol. The average Bonchev–Trinajstić information content (AvgIpc) is 3.24. The van der Waals surface area contributed by atoms with Crippen LogP contribution in [0.3, 0.4) is 0 Å². The summed E-state index contributed by atoms with van der Waals surface area (Å²) in [7, 11) is 1.54. The van der Waals surface area contributed by atoms with Crippen molar-refractivity contribution in [1.82, 2.24) is 19.1 Å². The van der Waals surface area contributed by atoms with Gasteiger partial charge in [0.15, 0.2) is 11.2 Å². The van der Waals surface area contributed by atoms with Crippen molar-refractivity contribution in [1.29, 1.82) is 0 Å². The lowest BCUT2D eigenvalue weighted by atomic mass is 10.1. The normalized spacial score (nSPS) is 12.2. The highest BCUT2D eigenvalue weighted by Gasteiger charge is 2.20. The smallest absolute Gasteiger partial charge is 0.329 e. The first kappa shape index (κ1) is 22.4. The summed E-state index contributed by atoms with van der Waals surface area (Å²) in [6.45, 7) is 0.508. The van der Waals surface area contributed by atoms with Crippen LogP contribution in [0.1, 0.15) is 5.56 Å². The molecule has 0 aliphatic carbocycles. The predicted molar refractivity (Wildman–Crippen MR) is 135 cm³/mol. The second-order valence-corrected chi connectivity index (χ2v) is 8.32. The number of hydrogen-bond acceptors (Lipinski definition) is 6. The molecule has 3 aromatic carbocycles. The molecule has 0 radical (unpaired) electrons. The van der Waals surface area contributed by atoms with Crippen LogP contribution in [-0.2, 0) is 20.1 Å². The highest BCUT2D eigenvalue weighted by Crippen LogP contribution is 2.25. The molecule has 5 rings (SSSR count). The molecule has 2 aromatic heterocycles. The van der Waals surface area contributed by atoms with Crippen LogP contribution < -0.4 is 21.3 Å². The van der Waals surface area contributed by atoms with Crippen LogP contribution >= 0.6 is 0 Å². The van der Waals surface area contributed by atoms with Crippen LogP contribution in [0.2, 0.25) is 0 Å². The van der Waals surface area contributed by atoms with Gasteiger partial charge in [0.05, 0.1) is 6.54 Å². The van der Waals surface area contributed by atoms with Gasteiger partial charge >= 0.3 is 5.69 Å². The van der Waals surface area contributed by atoms with E-state index in [4.69, 9.17) is 4.74 Å². The molecule has 0 aliphatic rings. The Morgan fingerprint density at radius 1 is 1.03 bits per heavy atom. The number of anilines is 1. The number of hydrogen-bond donors (Lipinski definition) is 3. The van der Waals surface area contributed by atoms with Crippen molar-refractivity contribution in [3.8, 4) is 5.75 Å². The Bertz CT molecular complexity index is 1600. The molecule has 0 spiro atoms. The fraction of sp³-hybridized carbons (Fsp3) is 0.192. The van der Waals surface area contributed by atoms with E-state index in [1.54, 1.807) is 11.6 Å². The number of benzene rings is 3. The Morgan fingerprint density at radius 2 is 1.77 bits per heavy atom. The van der Waals surface area contributed by atoms with Crippen LogP contribution in [0.4, 0.5) is 5.95 Å². The third-order valence-corrected chi connectivity index (χ3v) is 5.87. The molecule has 5 aromatic rings. The minimum atomic E-state index is -0.944. The molecule has 178 valence electrons. The number of ether oxygens (including phenoxy) is 1. The molecule has 0 fully saturated rings. The predicted octanol–water partition coefficient (Wildman–Crippen LogP) is 2.63. The fourth-order valence-electron chi connectivity index (χ4n) is 4.10. The molecule has 2 heterocycles. The Morgan fingerprint density at radius 3 is 2.60 bits per heavy atom. The van der Waals surface area contributed by atoms with E-state index >= 15 is 0 Å². The SMILES string of the molecule is Cn1c(=O)[nH]c(=O)c2c1nc(NCc1ccccc1)n2C[C@H](O)COc1cccc2ccccc12. The van der Waals surface area contributed by atoms with Crippen molar-refractivity contribution in [2.75, 3.05) is 11.9 Å². The van der Waals surface area contributed by atoms with Crippen molar-refractivity contribution in [2.24, 2.45) is 7.05 Å². The molecule has 35 heavy (non-hydrogen) atoms. The van der Waals surface area contributed by atoms with E-state index in [0.717, 1.165) is 16.3 Å². The zero-order valence-electron chi connectivity index (χ0n) is 19.1. The molecule has 0 saturated carbocycles. The molecule has 9 nitrogen and oxygen atoms in total. The number of nitrogens with zero attached hydrogens (tertiary/aromatic N) is 3. The van der Waals surface area contributed by atoms with Gasteiger partial charge in [-0.3, -0.25) is 14.3 Å². The van der Waals surface area contributed by atoms with Gasteiger partial charge in [0.2, 0.25) is 5.95 Å². The van der Waals surface area contributed by atoms with Gasteiger partial charge in [0.25, 0.3) is 5.56 Å². The lowest BCUT2D eigenvalue weighted by Gasteiger charge is -2.16. The van der Waals surface area contributed by atoms with Gasteiger partial charge in [-0.25, -0.2) is 4.79 Å². The molecule has 0 aliphatic heterocycles. The largest absolute Gasteiger partial charge is 0.490 e. The van der Waals surface area contributed by atoms with Gasteiger partial charge in [0.1, 0.15) is 18.5 Å². The second-order valence-electron chi connectivity index (χ2n) is 8.32. The van der Waals surface area contributed by atoms with Gasteiger partial charge in [0, 0.05) is 19.0 Å². The summed E-state index contributed by atoms with van der Waals surface area (Å²) in [6.07, 6.45) is -0.944. The lowest BCUT2D eigenvalue weighted by Crippen LogP contribution is -2.31. The van der Waals surface area contributed by atoms with E-state index < -0.39 is 17.4 Å². The summed E-state index contributed by atoms with van der Waals surface area (Å²) in [6, 6.07) is 23.3. The third kappa shape index (κ3) is 4.53. The highest BCUT2D eigenvalue weighted by molar-refractivity contribution is 5.88. The maximum absolute atomic E-state index is 12.7. The van der Waals surface area contributed by atoms with Crippen LogP contribution in [0, 0.1) is 0 Å². The van der Waals surface area contributed by atoms with E-state index in [1.807, 2.05) is 72.8 Å². The Labute approximate surface area is 200 Å². The number of aliphatic hydroxyl groups is 1. The lowest BCUT2D eigenvalue weighted by molar-refractivity contribution is 0.0946. The summed E-state index contributed by atoms with van der Waals surface area (Å²) in [5.41, 5.74) is 0.337. The second kappa shape index (κ2) is 9.47. The summed E-state index contributed by atoms with van der Waals surface area (Å²) >= 11 is 0. The Kier molecular flexibility index (Phi) is 6.07. The first-order chi connectivity index (χ1) is 17.0. The van der Waals surface area contributed by atoms with Gasteiger partial charge in [-0.1, -0.05) is 66.7 Å². The molecule has 3 N–H and O–H groups in total. The van der Waals surface area contributed by atoms with E-state index in [-0.39, 0.29) is 24.3 Å². The molecule has 0 amide bonds. The zero-order chi connectivity index (χ0) is 24.4. The summed E-state index contributed by atoms with van der Waals surface area (Å²) < 4.78 is 8.81. The fourth-order valence-corrected chi connectivity index (χ4v) is 4.10. The zero-order valence-corrected chi connectivity index (χ0v) is 19.1. The van der Waals surface area contributed by atoms with Gasteiger partial charge in [-0.15, -0.1) is 0 Å². The minimum Gasteiger partial charge on any atom is -0.490 e. The van der Waals surface area contributed by atoms with Crippen molar-refractivity contribution < 1.29 is 9.84 Å². The standard InChI is InChI=1S/C26H25N5O4/c1-30-23-22(24(33)29-26(30)34)31(25(28-23)27-14-17-8-3-2-4-9-17)15-19(32)16-35-21-13-7-11-18-10-5-6-12-20(18)21/h2-13,19,32H,14-16H2,1H3,(H,27,28)(H,29,33,34)/t19-/m0/s1. The molecule has 0 unspecified atom stereocenters. The number of aromatic amines is 1. The van der Waals surface area contributed by atoms with Crippen molar-refractivity contribution in [3.05, 3.63) is 99.2 Å². The first-order valence-corrected chi connectivity index (χ1v) is 11.3. The minimum absolute atomic E-state index is 0.00940. The molecular formula is C26H25N5O4. The van der Waals surface area contributed by atoms with Crippen LogP contribution in [0.25, 0.3) is 21.9 Å².